The Kier molecular flexibility index (Phi) is 4.93. The highest BCUT2D eigenvalue weighted by molar-refractivity contribution is 5.67. The number of hydrogen-bond donors (Lipinski definition) is 0. The van der Waals surface area contributed by atoms with Crippen LogP contribution in [0.3, 0.4) is 0 Å². The van der Waals surface area contributed by atoms with Crippen LogP contribution >= 0.6 is 0 Å². The first-order valence-electron chi connectivity index (χ1n) is 3.46. The summed E-state index contributed by atoms with van der Waals surface area (Å²) in [6.45, 7) is 4.91. The van der Waals surface area contributed by atoms with Crippen molar-refractivity contribution in [2.75, 3.05) is 0 Å². The fraction of sp³-hybridized carbons (Fsp3) is 0.444. The van der Waals surface area contributed by atoms with Gasteiger partial charge in [0.15, 0.2) is 0 Å². The van der Waals surface area contributed by atoms with Crippen molar-refractivity contribution in [1.82, 2.24) is 0 Å². The summed E-state index contributed by atoms with van der Waals surface area (Å²) in [5.41, 5.74) is 0. The van der Waals surface area contributed by atoms with Crippen molar-refractivity contribution in [3.8, 4) is 12.3 Å². The van der Waals surface area contributed by atoms with E-state index in [2.05, 4.69) is 12.5 Å². The first-order valence-corrected chi connectivity index (χ1v) is 3.46. The molecule has 0 saturated carbocycles. The van der Waals surface area contributed by atoms with E-state index >= 15 is 0 Å². The van der Waals surface area contributed by atoms with Crippen LogP contribution in [0.2, 0.25) is 0 Å². The van der Waals surface area contributed by atoms with Crippen LogP contribution in [0.5, 0.6) is 0 Å². The van der Waals surface area contributed by atoms with Gasteiger partial charge in [0.2, 0.25) is 0 Å². The summed E-state index contributed by atoms with van der Waals surface area (Å²) in [5.74, 6) is 2.66. The molecule has 0 saturated heterocycles. The molecule has 11 heavy (non-hydrogen) atoms. The van der Waals surface area contributed by atoms with Crippen molar-refractivity contribution in [2.24, 2.45) is 0 Å². The van der Waals surface area contributed by atoms with Gasteiger partial charge in [-0.1, -0.05) is 6.58 Å². The van der Waals surface area contributed by atoms with Gasteiger partial charge in [0.05, 0.1) is 0 Å². The molecule has 2 nitrogen and oxygen atoms in total. The molecule has 60 valence electrons. The maximum atomic E-state index is 10.4. The van der Waals surface area contributed by atoms with E-state index < -0.39 is 0 Å². The van der Waals surface area contributed by atoms with E-state index in [9.17, 15) is 4.79 Å². The quantitative estimate of drug-likeness (QED) is 0.266. The molecular weight excluding hydrogens is 140 g/mol. The van der Waals surface area contributed by atoms with E-state index in [0.717, 1.165) is 6.42 Å². The van der Waals surface area contributed by atoms with Gasteiger partial charge < -0.3 is 4.74 Å². The molecule has 0 amide bonds. The molecule has 0 spiro atoms. The fourth-order valence-electron chi connectivity index (χ4n) is 0.642. The second-order valence-corrected chi connectivity index (χ2v) is 2.19. The van der Waals surface area contributed by atoms with Crippen molar-refractivity contribution in [3.63, 3.8) is 0 Å². The second-order valence-electron chi connectivity index (χ2n) is 2.19. The minimum atomic E-state index is -0.323. The largest absolute Gasteiger partial charge is 0.432 e. The molecule has 0 aromatic heterocycles. The van der Waals surface area contributed by atoms with Crippen LogP contribution in [-0.4, -0.2) is 5.97 Å². The van der Waals surface area contributed by atoms with Crippen molar-refractivity contribution < 1.29 is 9.53 Å². The highest BCUT2D eigenvalue weighted by Gasteiger charge is 1.97. The molecule has 0 bridgehead atoms. The van der Waals surface area contributed by atoms with Gasteiger partial charge in [-0.15, -0.1) is 12.3 Å². The van der Waals surface area contributed by atoms with Crippen molar-refractivity contribution >= 4 is 5.97 Å². The third-order valence-electron chi connectivity index (χ3n) is 1.06. The standard InChI is InChI=1S/C9H12O2/c1-4-5-6-7-8(2)11-9(3)10/h1H,2,5-7H2,3H3. The van der Waals surface area contributed by atoms with E-state index in [1.54, 1.807) is 0 Å². The first-order chi connectivity index (χ1) is 5.16. The Hall–Kier alpha value is -1.23. The molecule has 0 heterocycles. The van der Waals surface area contributed by atoms with Crippen LogP contribution in [-0.2, 0) is 9.53 Å². The highest BCUT2D eigenvalue weighted by atomic mass is 16.5. The minimum Gasteiger partial charge on any atom is -0.432 e. The van der Waals surface area contributed by atoms with Gasteiger partial charge in [-0.2, -0.15) is 0 Å². The number of carbonyl (C=O) groups is 1. The van der Waals surface area contributed by atoms with Crippen LogP contribution in [0.1, 0.15) is 26.2 Å². The maximum Gasteiger partial charge on any atom is 0.307 e. The summed E-state index contributed by atoms with van der Waals surface area (Å²) in [6.07, 6.45) is 7.20. The fourth-order valence-corrected chi connectivity index (χ4v) is 0.642. The topological polar surface area (TPSA) is 26.3 Å². The summed E-state index contributed by atoms with van der Waals surface area (Å²) < 4.78 is 4.69. The van der Waals surface area contributed by atoms with E-state index in [1.165, 1.54) is 6.92 Å². The SMILES string of the molecule is C#CCCCC(=C)OC(C)=O. The number of carbonyl (C=O) groups excluding carboxylic acids is 1. The number of hydrogen-bond acceptors (Lipinski definition) is 2. The van der Waals surface area contributed by atoms with E-state index in [4.69, 9.17) is 11.2 Å². The lowest BCUT2D eigenvalue weighted by Crippen LogP contribution is -1.97. The minimum absolute atomic E-state index is 0.323. The Morgan fingerprint density at radius 2 is 2.36 bits per heavy atom. The summed E-state index contributed by atoms with van der Waals surface area (Å²) in [6, 6.07) is 0. The van der Waals surface area contributed by atoms with Crippen LogP contribution in [0.4, 0.5) is 0 Å². The van der Waals surface area contributed by atoms with Crippen LogP contribution in [0.15, 0.2) is 12.3 Å². The summed E-state index contributed by atoms with van der Waals surface area (Å²) in [5, 5.41) is 0. The molecule has 2 heteroatoms. The summed E-state index contributed by atoms with van der Waals surface area (Å²) >= 11 is 0. The third kappa shape index (κ3) is 6.66. The Morgan fingerprint density at radius 3 is 2.82 bits per heavy atom. The Labute approximate surface area is 67.2 Å². The Bertz CT molecular complexity index is 186. The monoisotopic (exact) mass is 152 g/mol. The predicted molar refractivity (Wildman–Crippen MR) is 43.6 cm³/mol. The molecule has 0 fully saturated rings. The van der Waals surface area contributed by atoms with Gasteiger partial charge in [0.1, 0.15) is 5.76 Å². The molecule has 0 aliphatic rings. The second kappa shape index (κ2) is 5.55. The summed E-state index contributed by atoms with van der Waals surface area (Å²) in [7, 11) is 0. The average molecular weight is 152 g/mol. The van der Waals surface area contributed by atoms with E-state index in [-0.39, 0.29) is 5.97 Å². The molecule has 0 rings (SSSR count). The number of esters is 1. The first kappa shape index (κ1) is 9.77. The molecule has 0 radical (unpaired) electrons. The maximum absolute atomic E-state index is 10.4. The number of terminal acetylenes is 1. The molecule has 0 aliphatic carbocycles. The van der Waals surface area contributed by atoms with Crippen LogP contribution in [0.25, 0.3) is 0 Å². The number of rotatable bonds is 4. The van der Waals surface area contributed by atoms with Crippen molar-refractivity contribution in [3.05, 3.63) is 12.3 Å². The smallest absolute Gasteiger partial charge is 0.307 e. The zero-order chi connectivity index (χ0) is 8.69. The molecule has 0 aliphatic heterocycles. The van der Waals surface area contributed by atoms with Gasteiger partial charge in [-0.25, -0.2) is 0 Å². The lowest BCUT2D eigenvalue weighted by atomic mass is 10.2. The molecule has 0 atom stereocenters. The zero-order valence-corrected chi connectivity index (χ0v) is 6.72. The van der Waals surface area contributed by atoms with Crippen molar-refractivity contribution in [1.29, 1.82) is 0 Å². The number of ether oxygens (including phenoxy) is 1. The Balaban J connectivity index is 3.39. The zero-order valence-electron chi connectivity index (χ0n) is 6.72. The van der Waals surface area contributed by atoms with E-state index in [0.29, 0.717) is 18.6 Å². The third-order valence-corrected chi connectivity index (χ3v) is 1.06. The van der Waals surface area contributed by atoms with E-state index in [1.807, 2.05) is 0 Å². The Morgan fingerprint density at radius 1 is 1.73 bits per heavy atom. The molecule has 0 aromatic rings. The average Bonchev–Trinajstić information content (AvgIpc) is 1.86. The molecule has 0 unspecified atom stereocenters. The lowest BCUT2D eigenvalue weighted by Gasteiger charge is -2.02. The lowest BCUT2D eigenvalue weighted by molar-refractivity contribution is -0.137. The van der Waals surface area contributed by atoms with Gasteiger partial charge in [-0.05, 0) is 6.42 Å². The molecule has 0 N–H and O–H groups in total. The number of allylic oxidation sites excluding steroid dienone is 1. The number of unbranched alkanes of at least 4 members (excludes halogenated alkanes) is 1. The highest BCUT2D eigenvalue weighted by Crippen LogP contribution is 2.05. The summed E-state index contributed by atoms with van der Waals surface area (Å²) in [4.78, 5) is 10.4. The molecule has 0 aromatic carbocycles. The predicted octanol–water partition coefficient (Wildman–Crippen LogP) is 1.87. The normalized spacial score (nSPS) is 8.36. The molecular formula is C9H12O2. The van der Waals surface area contributed by atoms with Crippen LogP contribution in [0, 0.1) is 12.3 Å². The van der Waals surface area contributed by atoms with Gasteiger partial charge in [0.25, 0.3) is 0 Å². The van der Waals surface area contributed by atoms with Gasteiger partial charge >= 0.3 is 5.97 Å². The van der Waals surface area contributed by atoms with Gasteiger partial charge in [0, 0.05) is 19.8 Å². The van der Waals surface area contributed by atoms with Crippen LogP contribution < -0.4 is 0 Å². The van der Waals surface area contributed by atoms with Gasteiger partial charge in [-0.3, -0.25) is 4.79 Å². The van der Waals surface area contributed by atoms with Crippen molar-refractivity contribution in [2.45, 2.75) is 26.2 Å².